The molecule has 0 spiro atoms. The van der Waals surface area contributed by atoms with E-state index >= 15 is 0 Å². The highest BCUT2D eigenvalue weighted by Gasteiger charge is 1.98. The monoisotopic (exact) mass is 169 g/mol. The number of nitrogens with two attached hydrogens (primary N) is 1. The molecule has 0 radical (unpaired) electrons. The summed E-state index contributed by atoms with van der Waals surface area (Å²) in [4.78, 5) is 13.5. The number of ether oxygens (including phenoxy) is 1. The molecule has 1 amide bonds. The van der Waals surface area contributed by atoms with E-state index in [1.54, 1.807) is 6.20 Å². The minimum absolute atomic E-state index is 0.0183. The van der Waals surface area contributed by atoms with Crippen LogP contribution in [-0.4, -0.2) is 17.5 Å². The Morgan fingerprint density at radius 1 is 1.75 bits per heavy atom. The summed E-state index contributed by atoms with van der Waals surface area (Å²) in [6, 6.07) is 3.74. The van der Waals surface area contributed by atoms with Gasteiger partial charge in [0.15, 0.2) is 0 Å². The van der Waals surface area contributed by atoms with E-state index in [4.69, 9.17) is 10.6 Å². The van der Waals surface area contributed by atoms with Gasteiger partial charge in [-0.2, -0.15) is 0 Å². The molecule has 0 aliphatic carbocycles. The van der Waals surface area contributed by atoms with Crippen LogP contribution in [0.1, 0.15) is 5.69 Å². The molecular weight excluding hydrogens is 158 g/mol. The van der Waals surface area contributed by atoms with E-state index in [0.29, 0.717) is 6.61 Å². The number of hydrogen-bond acceptors (Lipinski definition) is 3. The maximum atomic E-state index is 10.6. The summed E-state index contributed by atoms with van der Waals surface area (Å²) in [5.41, 5.74) is 2.90. The van der Waals surface area contributed by atoms with Crippen molar-refractivity contribution in [3.8, 4) is 0 Å². The lowest BCUT2D eigenvalue weighted by molar-refractivity contribution is -0.126. The Labute approximate surface area is 69.9 Å². The van der Waals surface area contributed by atoms with Crippen LogP contribution in [0.2, 0.25) is 0 Å². The van der Waals surface area contributed by atoms with Gasteiger partial charge in [0.05, 0.1) is 6.61 Å². The van der Waals surface area contributed by atoms with Crippen LogP contribution in [0.4, 0.5) is 0 Å². The highest BCUT2D eigenvalue weighted by atomic mass is 16.5. The zero-order chi connectivity index (χ0) is 8.81. The first-order valence-electron chi connectivity index (χ1n) is 3.52. The van der Waals surface area contributed by atoms with Crippen molar-refractivity contribution in [3.05, 3.63) is 24.0 Å². The topological polar surface area (TPSA) is 80.1 Å². The number of H-pyrrole nitrogens is 1. The Morgan fingerprint density at radius 2 is 2.58 bits per heavy atom. The molecule has 66 valence electrons. The number of aromatic nitrogens is 1. The second-order valence-corrected chi connectivity index (χ2v) is 2.26. The number of rotatable bonds is 4. The average Bonchev–Trinajstić information content (AvgIpc) is 2.57. The van der Waals surface area contributed by atoms with Crippen LogP contribution in [0.5, 0.6) is 0 Å². The van der Waals surface area contributed by atoms with Gasteiger partial charge in [-0.3, -0.25) is 10.2 Å². The van der Waals surface area contributed by atoms with E-state index in [1.807, 2.05) is 17.6 Å². The lowest BCUT2D eigenvalue weighted by Gasteiger charge is -2.00. The first-order chi connectivity index (χ1) is 5.83. The molecule has 0 unspecified atom stereocenters. The van der Waals surface area contributed by atoms with Gasteiger partial charge in [0.2, 0.25) is 0 Å². The van der Waals surface area contributed by atoms with E-state index in [1.165, 1.54) is 0 Å². The predicted octanol–water partition coefficient (Wildman–Crippen LogP) is -0.479. The maximum absolute atomic E-state index is 10.6. The first-order valence-corrected chi connectivity index (χ1v) is 3.52. The fourth-order valence-electron chi connectivity index (χ4n) is 0.753. The highest BCUT2D eigenvalue weighted by Crippen LogP contribution is 1.95. The molecule has 1 aromatic heterocycles. The fourth-order valence-corrected chi connectivity index (χ4v) is 0.753. The van der Waals surface area contributed by atoms with Crippen LogP contribution >= 0.6 is 0 Å². The van der Waals surface area contributed by atoms with Gasteiger partial charge >= 0.3 is 0 Å². The van der Waals surface area contributed by atoms with Gasteiger partial charge < -0.3 is 9.72 Å². The molecule has 0 atom stereocenters. The van der Waals surface area contributed by atoms with Gasteiger partial charge in [-0.15, -0.1) is 0 Å². The molecule has 1 heterocycles. The number of carbonyl (C=O) groups is 1. The summed E-state index contributed by atoms with van der Waals surface area (Å²) < 4.78 is 5.01. The molecule has 0 aromatic carbocycles. The normalized spacial score (nSPS) is 9.75. The summed E-state index contributed by atoms with van der Waals surface area (Å²) in [6.07, 6.45) is 1.79. The van der Waals surface area contributed by atoms with Crippen molar-refractivity contribution in [1.82, 2.24) is 10.4 Å². The van der Waals surface area contributed by atoms with Crippen LogP contribution < -0.4 is 11.3 Å². The van der Waals surface area contributed by atoms with Gasteiger partial charge in [0, 0.05) is 11.9 Å². The fraction of sp³-hybridized carbons (Fsp3) is 0.286. The van der Waals surface area contributed by atoms with Crippen LogP contribution in [-0.2, 0) is 16.1 Å². The van der Waals surface area contributed by atoms with Gasteiger partial charge in [-0.25, -0.2) is 5.84 Å². The standard InChI is InChI=1S/C7H11N3O2/c8-10-7(11)5-12-4-6-2-1-3-9-6/h1-3,9H,4-5,8H2,(H,10,11). The predicted molar refractivity (Wildman–Crippen MR) is 42.8 cm³/mol. The molecule has 5 heteroatoms. The van der Waals surface area contributed by atoms with E-state index in [2.05, 4.69) is 4.98 Å². The minimum Gasteiger partial charge on any atom is -0.365 e. The minimum atomic E-state index is -0.332. The Bertz CT molecular complexity index is 233. The lowest BCUT2D eigenvalue weighted by Crippen LogP contribution is -2.33. The van der Waals surface area contributed by atoms with Crippen molar-refractivity contribution in [2.24, 2.45) is 5.84 Å². The van der Waals surface area contributed by atoms with Crippen molar-refractivity contribution in [1.29, 1.82) is 0 Å². The second kappa shape index (κ2) is 4.53. The number of hydrazine groups is 1. The van der Waals surface area contributed by atoms with Crippen molar-refractivity contribution < 1.29 is 9.53 Å². The number of hydrogen-bond donors (Lipinski definition) is 3. The van der Waals surface area contributed by atoms with Crippen molar-refractivity contribution in [2.75, 3.05) is 6.61 Å². The molecule has 4 N–H and O–H groups in total. The molecule has 1 rings (SSSR count). The van der Waals surface area contributed by atoms with Gasteiger partial charge in [0.1, 0.15) is 6.61 Å². The summed E-state index contributed by atoms with van der Waals surface area (Å²) in [7, 11) is 0. The average molecular weight is 169 g/mol. The summed E-state index contributed by atoms with van der Waals surface area (Å²) in [5, 5.41) is 0. The molecule has 12 heavy (non-hydrogen) atoms. The Kier molecular flexibility index (Phi) is 3.31. The third-order valence-electron chi connectivity index (χ3n) is 1.31. The number of carbonyl (C=O) groups excluding carboxylic acids is 1. The van der Waals surface area contributed by atoms with Gasteiger partial charge in [-0.1, -0.05) is 0 Å². The van der Waals surface area contributed by atoms with E-state index in [-0.39, 0.29) is 12.5 Å². The summed E-state index contributed by atoms with van der Waals surface area (Å²) in [5.74, 6) is 4.51. The van der Waals surface area contributed by atoms with E-state index < -0.39 is 0 Å². The van der Waals surface area contributed by atoms with Crippen LogP contribution in [0.25, 0.3) is 0 Å². The zero-order valence-electron chi connectivity index (χ0n) is 6.54. The maximum Gasteiger partial charge on any atom is 0.259 e. The van der Waals surface area contributed by atoms with Crippen molar-refractivity contribution in [2.45, 2.75) is 6.61 Å². The molecule has 0 aliphatic rings. The third-order valence-corrected chi connectivity index (χ3v) is 1.31. The van der Waals surface area contributed by atoms with E-state index in [0.717, 1.165) is 5.69 Å². The molecule has 0 aliphatic heterocycles. The van der Waals surface area contributed by atoms with Gasteiger partial charge in [0.25, 0.3) is 5.91 Å². The number of amides is 1. The molecule has 1 aromatic rings. The Balaban J connectivity index is 2.15. The molecule has 0 fully saturated rings. The van der Waals surface area contributed by atoms with Crippen LogP contribution in [0.3, 0.4) is 0 Å². The third kappa shape index (κ3) is 2.73. The summed E-state index contributed by atoms with van der Waals surface area (Å²) >= 11 is 0. The van der Waals surface area contributed by atoms with Crippen molar-refractivity contribution >= 4 is 5.91 Å². The SMILES string of the molecule is NNC(=O)COCc1ccc[nH]1. The van der Waals surface area contributed by atoms with Crippen molar-refractivity contribution in [3.63, 3.8) is 0 Å². The second-order valence-electron chi connectivity index (χ2n) is 2.26. The molecule has 0 saturated carbocycles. The van der Waals surface area contributed by atoms with E-state index in [9.17, 15) is 4.79 Å². The van der Waals surface area contributed by atoms with Gasteiger partial charge in [-0.05, 0) is 12.1 Å². The number of nitrogens with one attached hydrogen (secondary N) is 2. The summed E-state index contributed by atoms with van der Waals surface area (Å²) in [6.45, 7) is 0.371. The molecular formula is C7H11N3O2. The zero-order valence-corrected chi connectivity index (χ0v) is 6.54. The molecule has 0 saturated heterocycles. The number of aromatic amines is 1. The largest absolute Gasteiger partial charge is 0.365 e. The highest BCUT2D eigenvalue weighted by molar-refractivity contribution is 5.76. The Hall–Kier alpha value is -1.33. The molecule has 5 nitrogen and oxygen atoms in total. The van der Waals surface area contributed by atoms with Crippen LogP contribution in [0, 0.1) is 0 Å². The van der Waals surface area contributed by atoms with Crippen LogP contribution in [0.15, 0.2) is 18.3 Å². The Morgan fingerprint density at radius 3 is 3.17 bits per heavy atom. The quantitative estimate of drug-likeness (QED) is 0.323. The molecule has 0 bridgehead atoms. The first kappa shape index (κ1) is 8.76. The lowest BCUT2D eigenvalue weighted by atomic mass is 10.5. The smallest absolute Gasteiger partial charge is 0.259 e.